The Morgan fingerprint density at radius 1 is 1.75 bits per heavy atom. The Labute approximate surface area is 75.9 Å². The average Bonchev–Trinajstić information content (AvgIpc) is 2.00. The van der Waals surface area contributed by atoms with E-state index >= 15 is 0 Å². The number of nitroso groups, excluding NO2 is 1. The summed E-state index contributed by atoms with van der Waals surface area (Å²) >= 11 is 0.888. The van der Waals surface area contributed by atoms with Crippen molar-refractivity contribution in [1.82, 2.24) is 5.32 Å². The number of rotatable bonds is 5. The SMILES string of the molecule is C=CC(=O)NC(C)(C)CSN=O. The van der Waals surface area contributed by atoms with Crippen LogP contribution < -0.4 is 5.32 Å². The van der Waals surface area contributed by atoms with E-state index in [1.54, 1.807) is 0 Å². The third-order valence-electron chi connectivity index (χ3n) is 1.13. The van der Waals surface area contributed by atoms with Crippen LogP contribution in [0, 0.1) is 4.91 Å². The standard InChI is InChI=1S/C7H12N2O2S/c1-4-6(10)8-7(2,3)5-12-9-11/h4H,1,5H2,2-3H3,(H,8,10). The molecule has 12 heavy (non-hydrogen) atoms. The van der Waals surface area contributed by atoms with Gasteiger partial charge in [0, 0.05) is 27.8 Å². The Bertz CT molecular complexity index is 192. The number of carbonyl (C=O) groups is 1. The molecule has 0 aromatic carbocycles. The summed E-state index contributed by atoms with van der Waals surface area (Å²) in [7, 11) is 0. The third kappa shape index (κ3) is 4.90. The molecule has 68 valence electrons. The first kappa shape index (κ1) is 11.2. The number of hydrogen-bond acceptors (Lipinski definition) is 4. The highest BCUT2D eigenvalue weighted by Gasteiger charge is 2.19. The second-order valence-corrected chi connectivity index (χ2v) is 3.62. The van der Waals surface area contributed by atoms with Gasteiger partial charge in [0.1, 0.15) is 0 Å². The molecule has 0 spiro atoms. The summed E-state index contributed by atoms with van der Waals surface area (Å²) in [4.78, 5) is 20.6. The molecule has 4 nitrogen and oxygen atoms in total. The van der Waals surface area contributed by atoms with E-state index in [1.165, 1.54) is 6.08 Å². The normalized spacial score (nSPS) is 10.5. The van der Waals surface area contributed by atoms with Crippen molar-refractivity contribution in [1.29, 1.82) is 0 Å². The van der Waals surface area contributed by atoms with Crippen molar-refractivity contribution in [2.75, 3.05) is 5.75 Å². The lowest BCUT2D eigenvalue weighted by molar-refractivity contribution is -0.117. The maximum Gasteiger partial charge on any atom is 0.243 e. The molecule has 0 unspecified atom stereocenters. The summed E-state index contributed by atoms with van der Waals surface area (Å²) < 4.78 is 2.64. The minimum Gasteiger partial charge on any atom is -0.347 e. The van der Waals surface area contributed by atoms with Gasteiger partial charge in [-0.2, -0.15) is 0 Å². The molecular weight excluding hydrogens is 176 g/mol. The van der Waals surface area contributed by atoms with E-state index in [0.29, 0.717) is 5.75 Å². The van der Waals surface area contributed by atoms with E-state index in [9.17, 15) is 9.70 Å². The van der Waals surface area contributed by atoms with E-state index in [-0.39, 0.29) is 5.91 Å². The largest absolute Gasteiger partial charge is 0.347 e. The predicted octanol–water partition coefficient (Wildman–Crippen LogP) is 1.48. The zero-order chi connectivity index (χ0) is 9.61. The van der Waals surface area contributed by atoms with Gasteiger partial charge in [-0.3, -0.25) is 4.79 Å². The molecule has 0 heterocycles. The van der Waals surface area contributed by atoms with Gasteiger partial charge in [0.15, 0.2) is 0 Å². The van der Waals surface area contributed by atoms with Crippen LogP contribution in [0.2, 0.25) is 0 Å². The van der Waals surface area contributed by atoms with Crippen molar-refractivity contribution < 1.29 is 4.79 Å². The quantitative estimate of drug-likeness (QED) is 0.404. The highest BCUT2D eigenvalue weighted by molar-refractivity contribution is 7.97. The molecule has 0 aromatic heterocycles. The lowest BCUT2D eigenvalue weighted by Crippen LogP contribution is -2.44. The minimum atomic E-state index is -0.427. The molecule has 5 heteroatoms. The van der Waals surface area contributed by atoms with E-state index < -0.39 is 5.54 Å². The Balaban J connectivity index is 3.93. The second kappa shape index (κ2) is 4.92. The van der Waals surface area contributed by atoms with Crippen LogP contribution in [0.15, 0.2) is 17.2 Å². The van der Waals surface area contributed by atoms with Crippen LogP contribution in [-0.4, -0.2) is 17.2 Å². The van der Waals surface area contributed by atoms with E-state index in [1.807, 2.05) is 13.8 Å². The first-order chi connectivity index (χ1) is 5.52. The molecule has 1 N–H and O–H groups in total. The van der Waals surface area contributed by atoms with Gasteiger partial charge in [-0.1, -0.05) is 6.58 Å². The average molecular weight is 188 g/mol. The predicted molar refractivity (Wildman–Crippen MR) is 50.7 cm³/mol. The molecule has 0 saturated carbocycles. The zero-order valence-electron chi connectivity index (χ0n) is 7.16. The Kier molecular flexibility index (Phi) is 4.58. The Morgan fingerprint density at radius 2 is 2.33 bits per heavy atom. The number of hydrogen-bond donors (Lipinski definition) is 1. The van der Waals surface area contributed by atoms with Gasteiger partial charge in [0.2, 0.25) is 5.91 Å². The molecule has 0 rings (SSSR count). The van der Waals surface area contributed by atoms with Gasteiger partial charge in [0.25, 0.3) is 0 Å². The van der Waals surface area contributed by atoms with Crippen LogP contribution in [0.25, 0.3) is 0 Å². The molecule has 0 fully saturated rings. The van der Waals surface area contributed by atoms with Crippen molar-refractivity contribution >= 4 is 17.9 Å². The molecular formula is C7H12N2O2S. The lowest BCUT2D eigenvalue weighted by Gasteiger charge is -2.23. The summed E-state index contributed by atoms with van der Waals surface area (Å²) in [5.41, 5.74) is -0.427. The van der Waals surface area contributed by atoms with Crippen LogP contribution in [0.5, 0.6) is 0 Å². The lowest BCUT2D eigenvalue weighted by atomic mass is 10.1. The molecule has 0 aromatic rings. The number of nitrogens with zero attached hydrogens (tertiary/aromatic N) is 1. The summed E-state index contributed by atoms with van der Waals surface area (Å²) in [6.07, 6.45) is 1.20. The van der Waals surface area contributed by atoms with Crippen molar-refractivity contribution in [3.63, 3.8) is 0 Å². The smallest absolute Gasteiger partial charge is 0.243 e. The monoisotopic (exact) mass is 188 g/mol. The summed E-state index contributed by atoms with van der Waals surface area (Å²) in [5.74, 6) is 0.210. The summed E-state index contributed by atoms with van der Waals surface area (Å²) in [6.45, 7) is 6.95. The maximum absolute atomic E-state index is 10.8. The molecule has 0 aliphatic heterocycles. The van der Waals surface area contributed by atoms with Crippen LogP contribution in [0.1, 0.15) is 13.8 Å². The highest BCUT2D eigenvalue weighted by atomic mass is 32.2. The minimum absolute atomic E-state index is 0.244. The van der Waals surface area contributed by atoms with Crippen molar-refractivity contribution in [2.24, 2.45) is 4.58 Å². The molecule has 0 saturated heterocycles. The molecule has 1 amide bonds. The summed E-state index contributed by atoms with van der Waals surface area (Å²) in [6, 6.07) is 0. The summed E-state index contributed by atoms with van der Waals surface area (Å²) in [5, 5.41) is 2.66. The molecule has 0 aliphatic rings. The van der Waals surface area contributed by atoms with E-state index in [4.69, 9.17) is 0 Å². The molecule has 0 atom stereocenters. The first-order valence-electron chi connectivity index (χ1n) is 3.41. The Morgan fingerprint density at radius 3 is 2.75 bits per heavy atom. The van der Waals surface area contributed by atoms with Gasteiger partial charge in [-0.05, 0) is 19.9 Å². The highest BCUT2D eigenvalue weighted by Crippen LogP contribution is 2.12. The van der Waals surface area contributed by atoms with Crippen LogP contribution in [0.3, 0.4) is 0 Å². The topological polar surface area (TPSA) is 58.5 Å². The third-order valence-corrected chi connectivity index (χ3v) is 2.08. The van der Waals surface area contributed by atoms with Gasteiger partial charge in [-0.25, -0.2) is 0 Å². The molecule has 0 bridgehead atoms. The first-order valence-corrected chi connectivity index (χ1v) is 4.35. The van der Waals surface area contributed by atoms with Crippen molar-refractivity contribution in [3.05, 3.63) is 17.6 Å². The van der Waals surface area contributed by atoms with E-state index in [0.717, 1.165) is 11.9 Å². The Hall–Kier alpha value is -0.840. The van der Waals surface area contributed by atoms with Gasteiger partial charge >= 0.3 is 0 Å². The van der Waals surface area contributed by atoms with Crippen molar-refractivity contribution in [3.8, 4) is 0 Å². The van der Waals surface area contributed by atoms with Crippen LogP contribution in [0.4, 0.5) is 0 Å². The number of amides is 1. The van der Waals surface area contributed by atoms with E-state index in [2.05, 4.69) is 16.5 Å². The fraction of sp³-hybridized carbons (Fsp3) is 0.571. The number of carbonyl (C=O) groups excluding carboxylic acids is 1. The second-order valence-electron chi connectivity index (χ2n) is 2.93. The van der Waals surface area contributed by atoms with Gasteiger partial charge in [-0.15, -0.1) is 4.91 Å². The number of nitrogens with one attached hydrogen (secondary N) is 1. The van der Waals surface area contributed by atoms with Crippen molar-refractivity contribution in [2.45, 2.75) is 19.4 Å². The zero-order valence-corrected chi connectivity index (χ0v) is 7.98. The molecule has 0 radical (unpaired) electrons. The fourth-order valence-corrected chi connectivity index (χ4v) is 1.06. The fourth-order valence-electron chi connectivity index (χ4n) is 0.608. The van der Waals surface area contributed by atoms with Gasteiger partial charge < -0.3 is 5.32 Å². The van der Waals surface area contributed by atoms with Crippen LogP contribution >= 0.6 is 11.9 Å². The maximum atomic E-state index is 10.8. The van der Waals surface area contributed by atoms with Gasteiger partial charge in [0.05, 0.1) is 0 Å². The van der Waals surface area contributed by atoms with Crippen LogP contribution in [-0.2, 0) is 4.79 Å². The molecule has 0 aliphatic carbocycles.